The zero-order chi connectivity index (χ0) is 25.9. The molecular weight excluding hydrogens is 470 g/mol. The molecule has 186 valence electrons. The highest BCUT2D eigenvalue weighted by Gasteiger charge is 2.24. The van der Waals surface area contributed by atoms with E-state index in [9.17, 15) is 0 Å². The highest BCUT2D eigenvalue weighted by Crippen LogP contribution is 2.49. The molecule has 0 aliphatic heterocycles. The first kappa shape index (κ1) is 22.4. The number of para-hydroxylation sites is 1. The molecule has 1 nitrogen and oxygen atoms in total. The van der Waals surface area contributed by atoms with Gasteiger partial charge in [-0.1, -0.05) is 110 Å². The van der Waals surface area contributed by atoms with Gasteiger partial charge in [0.15, 0.2) is 0 Å². The molecule has 1 atom stereocenters. The van der Waals surface area contributed by atoms with Crippen LogP contribution in [-0.2, 0) is 6.42 Å². The molecule has 0 fully saturated rings. The lowest BCUT2D eigenvalue weighted by molar-refractivity contribution is 0.680. The zero-order valence-corrected chi connectivity index (χ0v) is 22.1. The van der Waals surface area contributed by atoms with Gasteiger partial charge in [-0.15, -0.1) is 0 Å². The van der Waals surface area contributed by atoms with E-state index in [1.165, 1.54) is 71.6 Å². The maximum absolute atomic E-state index is 2.47. The fourth-order valence-corrected chi connectivity index (χ4v) is 6.77. The fourth-order valence-electron chi connectivity index (χ4n) is 6.77. The largest absolute Gasteiger partial charge is 0.309 e. The van der Waals surface area contributed by atoms with Crippen LogP contribution in [0.5, 0.6) is 0 Å². The molecule has 0 saturated heterocycles. The smallest absolute Gasteiger partial charge is 0.0547 e. The molecule has 0 bridgehead atoms. The van der Waals surface area contributed by atoms with Crippen molar-refractivity contribution in [2.75, 3.05) is 0 Å². The van der Waals surface area contributed by atoms with Crippen molar-refractivity contribution in [3.63, 3.8) is 0 Å². The highest BCUT2D eigenvalue weighted by molar-refractivity contribution is 6.30. The van der Waals surface area contributed by atoms with E-state index in [-0.39, 0.29) is 0 Å². The summed E-state index contributed by atoms with van der Waals surface area (Å²) in [6.45, 7) is 2.35. The molecule has 1 aliphatic carbocycles. The second-order valence-corrected chi connectivity index (χ2v) is 11.0. The SMILES string of the molecule is CC(CCc1ccc2c(c1)-c1cccc3c1c1c4c-2cccc4ccc1n3-c1ccccc1)c1ccccc1. The van der Waals surface area contributed by atoms with E-state index < -0.39 is 0 Å². The average Bonchev–Trinajstić information content (AvgIpc) is 3.29. The molecule has 7 aromatic rings. The summed E-state index contributed by atoms with van der Waals surface area (Å²) >= 11 is 0. The van der Waals surface area contributed by atoms with Crippen molar-refractivity contribution in [1.82, 2.24) is 4.57 Å². The van der Waals surface area contributed by atoms with Crippen LogP contribution in [0, 0.1) is 0 Å². The molecule has 39 heavy (non-hydrogen) atoms. The molecule has 6 aromatic carbocycles. The molecule has 0 radical (unpaired) electrons. The van der Waals surface area contributed by atoms with Gasteiger partial charge >= 0.3 is 0 Å². The summed E-state index contributed by atoms with van der Waals surface area (Å²) in [5, 5.41) is 5.40. The molecule has 0 N–H and O–H groups in total. The van der Waals surface area contributed by atoms with Crippen LogP contribution in [0.3, 0.4) is 0 Å². The summed E-state index contributed by atoms with van der Waals surface area (Å²) in [5.41, 5.74) is 11.9. The number of nitrogens with zero attached hydrogens (tertiary/aromatic N) is 1. The molecule has 1 unspecified atom stereocenters. The van der Waals surface area contributed by atoms with E-state index in [2.05, 4.69) is 139 Å². The zero-order valence-electron chi connectivity index (χ0n) is 22.1. The van der Waals surface area contributed by atoms with Crippen LogP contribution < -0.4 is 0 Å². The Hall–Kier alpha value is -4.62. The summed E-state index contributed by atoms with van der Waals surface area (Å²) in [5.74, 6) is 0.533. The fraction of sp³-hybridized carbons (Fsp3) is 0.105. The Balaban J connectivity index is 1.36. The normalized spacial score (nSPS) is 12.8. The molecule has 1 heteroatoms. The first-order chi connectivity index (χ1) is 19.3. The minimum atomic E-state index is 0.533. The summed E-state index contributed by atoms with van der Waals surface area (Å²) in [6, 6.07) is 47.1. The van der Waals surface area contributed by atoms with E-state index in [0.717, 1.165) is 12.8 Å². The van der Waals surface area contributed by atoms with Gasteiger partial charge in [0.1, 0.15) is 0 Å². The minimum Gasteiger partial charge on any atom is -0.309 e. The van der Waals surface area contributed by atoms with Crippen LogP contribution in [0.25, 0.3) is 60.5 Å². The predicted molar refractivity (Wildman–Crippen MR) is 166 cm³/mol. The van der Waals surface area contributed by atoms with Crippen molar-refractivity contribution in [3.05, 3.63) is 139 Å². The van der Waals surface area contributed by atoms with Crippen molar-refractivity contribution >= 4 is 32.6 Å². The third kappa shape index (κ3) is 3.40. The Labute approximate surface area is 229 Å². The molecule has 0 amide bonds. The number of hydrogen-bond acceptors (Lipinski definition) is 0. The summed E-state index contributed by atoms with van der Waals surface area (Å²) in [7, 11) is 0. The molecule has 0 spiro atoms. The molecule has 1 heterocycles. The van der Waals surface area contributed by atoms with Gasteiger partial charge in [-0.25, -0.2) is 0 Å². The number of fused-ring (bicyclic) bond motifs is 3. The molecule has 1 aromatic heterocycles. The van der Waals surface area contributed by atoms with E-state index in [0.29, 0.717) is 5.92 Å². The second kappa shape index (κ2) is 8.71. The number of hydrogen-bond donors (Lipinski definition) is 0. The summed E-state index contributed by atoms with van der Waals surface area (Å²) < 4.78 is 2.45. The van der Waals surface area contributed by atoms with Crippen molar-refractivity contribution in [2.24, 2.45) is 0 Å². The van der Waals surface area contributed by atoms with Gasteiger partial charge in [0.05, 0.1) is 11.0 Å². The second-order valence-electron chi connectivity index (χ2n) is 11.0. The Morgan fingerprint density at radius 2 is 1.26 bits per heavy atom. The molecular formula is C38H29N. The first-order valence-corrected chi connectivity index (χ1v) is 14.0. The summed E-state index contributed by atoms with van der Waals surface area (Å²) in [6.07, 6.45) is 2.20. The van der Waals surface area contributed by atoms with Gasteiger partial charge in [-0.3, -0.25) is 0 Å². The van der Waals surface area contributed by atoms with Crippen LogP contribution in [0.2, 0.25) is 0 Å². The molecule has 8 rings (SSSR count). The third-order valence-corrected chi connectivity index (χ3v) is 8.71. The number of rotatable bonds is 5. The lowest BCUT2D eigenvalue weighted by atomic mass is 9.89. The van der Waals surface area contributed by atoms with Crippen molar-refractivity contribution in [3.8, 4) is 27.9 Å². The van der Waals surface area contributed by atoms with E-state index in [4.69, 9.17) is 0 Å². The summed E-state index contributed by atoms with van der Waals surface area (Å²) in [4.78, 5) is 0. The van der Waals surface area contributed by atoms with Crippen LogP contribution in [-0.4, -0.2) is 4.57 Å². The van der Waals surface area contributed by atoms with Gasteiger partial charge in [0.25, 0.3) is 0 Å². The number of benzene rings is 6. The van der Waals surface area contributed by atoms with E-state index >= 15 is 0 Å². The monoisotopic (exact) mass is 499 g/mol. The van der Waals surface area contributed by atoms with Crippen LogP contribution in [0.15, 0.2) is 127 Å². The first-order valence-electron chi connectivity index (χ1n) is 14.0. The molecule has 0 saturated carbocycles. The Kier molecular flexibility index (Phi) is 5.00. The maximum Gasteiger partial charge on any atom is 0.0547 e. The van der Waals surface area contributed by atoms with Crippen molar-refractivity contribution in [2.45, 2.75) is 25.7 Å². The lowest BCUT2D eigenvalue weighted by Gasteiger charge is -2.16. The molecule has 1 aliphatic rings. The maximum atomic E-state index is 2.47. The average molecular weight is 500 g/mol. The minimum absolute atomic E-state index is 0.533. The standard InChI is InChI=1S/C38H29N/c1-25(27-10-4-2-5-11-27)18-19-26-20-22-30-31-15-8-12-28-21-23-35-38(36(28)31)37-32(33(30)24-26)16-9-17-34(37)39(35)29-13-6-3-7-14-29/h2-17,20-25H,18-19H2,1H3. The quantitative estimate of drug-likeness (QED) is 0.222. The lowest BCUT2D eigenvalue weighted by Crippen LogP contribution is -1.97. The van der Waals surface area contributed by atoms with E-state index in [1.54, 1.807) is 0 Å². The van der Waals surface area contributed by atoms with Gasteiger partial charge in [0, 0.05) is 16.5 Å². The number of aryl methyl sites for hydroxylation is 1. The van der Waals surface area contributed by atoms with Crippen LogP contribution in [0.1, 0.15) is 30.4 Å². The topological polar surface area (TPSA) is 4.93 Å². The van der Waals surface area contributed by atoms with Gasteiger partial charge in [0.2, 0.25) is 0 Å². The van der Waals surface area contributed by atoms with Crippen LogP contribution >= 0.6 is 0 Å². The Morgan fingerprint density at radius 3 is 2.08 bits per heavy atom. The Bertz CT molecular complexity index is 2010. The van der Waals surface area contributed by atoms with Crippen molar-refractivity contribution < 1.29 is 0 Å². The van der Waals surface area contributed by atoms with E-state index in [1.807, 2.05) is 0 Å². The van der Waals surface area contributed by atoms with Gasteiger partial charge in [-0.05, 0) is 87.2 Å². The van der Waals surface area contributed by atoms with Gasteiger partial charge in [-0.2, -0.15) is 0 Å². The Morgan fingerprint density at radius 1 is 0.538 bits per heavy atom. The van der Waals surface area contributed by atoms with Gasteiger partial charge < -0.3 is 4.57 Å². The highest BCUT2D eigenvalue weighted by atomic mass is 15.0. The van der Waals surface area contributed by atoms with Crippen molar-refractivity contribution in [1.29, 1.82) is 0 Å². The number of aromatic nitrogens is 1. The van der Waals surface area contributed by atoms with Crippen LogP contribution in [0.4, 0.5) is 0 Å². The third-order valence-electron chi connectivity index (χ3n) is 8.71. The predicted octanol–water partition coefficient (Wildman–Crippen LogP) is 10.3.